The maximum Gasteiger partial charge on any atom is 0.327 e. The van der Waals surface area contributed by atoms with Gasteiger partial charge in [0.05, 0.1) is 15.6 Å². The molecule has 0 spiro atoms. The van der Waals surface area contributed by atoms with Crippen molar-refractivity contribution >= 4 is 36.6 Å². The molecule has 0 heterocycles. The third-order valence-corrected chi connectivity index (χ3v) is 3.89. The Morgan fingerprint density at radius 2 is 1.88 bits per heavy atom. The van der Waals surface area contributed by atoms with Crippen molar-refractivity contribution in [2.75, 3.05) is 20.4 Å². The van der Waals surface area contributed by atoms with Crippen molar-refractivity contribution < 1.29 is 18.4 Å². The fourth-order valence-corrected chi connectivity index (χ4v) is 2.13. The molecule has 17 heavy (non-hydrogen) atoms. The molecule has 0 aliphatic rings. The molecule has 0 radical (unpaired) electrons. The second-order valence-corrected chi connectivity index (χ2v) is 6.23. The molecule has 7 heteroatoms. The van der Waals surface area contributed by atoms with Gasteiger partial charge in [-0.3, -0.25) is 9.36 Å². The third-order valence-electron chi connectivity index (χ3n) is 2.00. The topological polar surface area (TPSA) is 52.6 Å². The molecule has 1 unspecified atom stereocenters. The van der Waals surface area contributed by atoms with Crippen molar-refractivity contribution in [2.45, 2.75) is 0 Å². The van der Waals surface area contributed by atoms with Gasteiger partial charge in [-0.1, -0.05) is 29.3 Å². The highest BCUT2D eigenvalue weighted by atomic mass is 35.5. The molecule has 0 amide bonds. The zero-order valence-corrected chi connectivity index (χ0v) is 11.7. The van der Waals surface area contributed by atoms with E-state index in [-0.39, 0.29) is 15.6 Å². The minimum absolute atomic E-state index is 0.159. The van der Waals surface area contributed by atoms with E-state index in [4.69, 9.17) is 27.7 Å². The summed E-state index contributed by atoms with van der Waals surface area (Å²) in [5.41, 5.74) is 0.159. The molecule has 0 N–H and O–H groups in total. The number of hydrogen-bond donors (Lipinski definition) is 0. The Morgan fingerprint density at radius 1 is 1.35 bits per heavy atom. The van der Waals surface area contributed by atoms with Gasteiger partial charge in [0.15, 0.2) is 5.78 Å². The molecule has 94 valence electrons. The van der Waals surface area contributed by atoms with Crippen LogP contribution in [-0.2, 0) is 13.6 Å². The molecular weight excluding hydrogens is 286 g/mol. The first kappa shape index (κ1) is 14.7. The normalized spacial score (nSPS) is 14.4. The van der Waals surface area contributed by atoms with Crippen LogP contribution in [-0.4, -0.2) is 26.2 Å². The van der Waals surface area contributed by atoms with E-state index in [1.54, 1.807) is 18.2 Å². The maximum absolute atomic E-state index is 11.8. The summed E-state index contributed by atoms with van der Waals surface area (Å²) in [6.07, 6.45) is 0. The monoisotopic (exact) mass is 296 g/mol. The van der Waals surface area contributed by atoms with Gasteiger partial charge in [-0.2, -0.15) is 0 Å². The Balaban J connectivity index is 2.81. The zero-order chi connectivity index (χ0) is 13.1. The number of ketones is 1. The van der Waals surface area contributed by atoms with Crippen LogP contribution in [0.1, 0.15) is 10.4 Å². The second kappa shape index (κ2) is 5.98. The molecule has 0 aliphatic carbocycles. The van der Waals surface area contributed by atoms with Crippen LogP contribution >= 0.6 is 30.8 Å². The van der Waals surface area contributed by atoms with E-state index < -0.39 is 20.0 Å². The fourth-order valence-electron chi connectivity index (χ4n) is 1.06. The lowest BCUT2D eigenvalue weighted by Gasteiger charge is -2.11. The average molecular weight is 297 g/mol. The lowest BCUT2D eigenvalue weighted by Crippen LogP contribution is -2.09. The minimum atomic E-state index is -3.18. The van der Waals surface area contributed by atoms with E-state index in [0.29, 0.717) is 0 Å². The molecule has 0 aliphatic heterocycles. The lowest BCUT2D eigenvalue weighted by atomic mass is 10.1. The molecule has 1 aromatic rings. The van der Waals surface area contributed by atoms with Crippen LogP contribution in [0.4, 0.5) is 0 Å². The summed E-state index contributed by atoms with van der Waals surface area (Å²) in [5.74, 6) is -0.445. The first-order valence-electron chi connectivity index (χ1n) is 4.62. The SMILES string of the molecule is COP(C)(=O)OCC(=O)c1c(Cl)cccc1Cl. The first-order chi connectivity index (χ1) is 7.87. The highest BCUT2D eigenvalue weighted by molar-refractivity contribution is 7.52. The molecule has 0 bridgehead atoms. The van der Waals surface area contributed by atoms with Gasteiger partial charge >= 0.3 is 7.60 Å². The van der Waals surface area contributed by atoms with Gasteiger partial charge in [-0.05, 0) is 12.1 Å². The van der Waals surface area contributed by atoms with E-state index in [0.717, 1.165) is 0 Å². The van der Waals surface area contributed by atoms with Gasteiger partial charge in [-0.25, -0.2) is 0 Å². The number of halogens is 2. The van der Waals surface area contributed by atoms with Gasteiger partial charge < -0.3 is 9.05 Å². The molecule has 4 nitrogen and oxygen atoms in total. The number of Topliss-reactive ketones (excluding diaryl/α,β-unsaturated/α-hetero) is 1. The predicted molar refractivity (Wildman–Crippen MR) is 67.3 cm³/mol. The van der Waals surface area contributed by atoms with Crippen LogP contribution in [0, 0.1) is 0 Å². The van der Waals surface area contributed by atoms with Gasteiger partial charge in [0.2, 0.25) is 0 Å². The standard InChI is InChI=1S/C10H11Cl2O4P/c1-15-17(2,14)16-6-9(13)10-7(11)4-3-5-8(10)12/h3-5H,6H2,1-2H3. The molecule has 0 saturated carbocycles. The molecular formula is C10H11Cl2O4P. The number of rotatable bonds is 5. The molecule has 1 atom stereocenters. The Hall–Kier alpha value is -0.380. The smallest absolute Gasteiger partial charge is 0.312 e. The number of carbonyl (C=O) groups excluding carboxylic acids is 1. The van der Waals surface area contributed by atoms with Crippen molar-refractivity contribution in [3.8, 4) is 0 Å². The van der Waals surface area contributed by atoms with E-state index in [2.05, 4.69) is 4.52 Å². The fraction of sp³-hybridized carbons (Fsp3) is 0.300. The molecule has 0 fully saturated rings. The van der Waals surface area contributed by atoms with Crippen LogP contribution in [0.2, 0.25) is 10.0 Å². The van der Waals surface area contributed by atoms with Gasteiger partial charge in [0, 0.05) is 13.8 Å². The summed E-state index contributed by atoms with van der Waals surface area (Å²) in [7, 11) is -1.94. The van der Waals surface area contributed by atoms with Gasteiger partial charge in [-0.15, -0.1) is 0 Å². The van der Waals surface area contributed by atoms with Crippen LogP contribution in [0.5, 0.6) is 0 Å². The molecule has 0 saturated heterocycles. The predicted octanol–water partition coefficient (Wildman–Crippen LogP) is 3.66. The van der Waals surface area contributed by atoms with Gasteiger partial charge in [0.25, 0.3) is 0 Å². The lowest BCUT2D eigenvalue weighted by molar-refractivity contribution is 0.0907. The zero-order valence-electron chi connectivity index (χ0n) is 9.28. The largest absolute Gasteiger partial charge is 0.327 e. The summed E-state index contributed by atoms with van der Waals surface area (Å²) >= 11 is 11.7. The van der Waals surface area contributed by atoms with Crippen molar-refractivity contribution in [1.29, 1.82) is 0 Å². The quantitative estimate of drug-likeness (QED) is 0.614. The van der Waals surface area contributed by atoms with Crippen molar-refractivity contribution in [2.24, 2.45) is 0 Å². The average Bonchev–Trinajstić information content (AvgIpc) is 2.26. The number of hydrogen-bond acceptors (Lipinski definition) is 4. The van der Waals surface area contributed by atoms with E-state index >= 15 is 0 Å². The summed E-state index contributed by atoms with van der Waals surface area (Å²) in [4.78, 5) is 11.8. The third kappa shape index (κ3) is 4.09. The van der Waals surface area contributed by atoms with Crippen LogP contribution in [0.15, 0.2) is 18.2 Å². The Bertz CT molecular complexity index is 455. The summed E-state index contributed by atoms with van der Waals surface area (Å²) in [6.45, 7) is 0.875. The number of benzene rings is 1. The Labute approximate surface area is 109 Å². The minimum Gasteiger partial charge on any atom is -0.312 e. The molecule has 0 aromatic heterocycles. The van der Waals surface area contributed by atoms with Gasteiger partial charge in [0.1, 0.15) is 6.61 Å². The van der Waals surface area contributed by atoms with Crippen molar-refractivity contribution in [3.63, 3.8) is 0 Å². The molecule has 1 rings (SSSR count). The van der Waals surface area contributed by atoms with Crippen molar-refractivity contribution in [3.05, 3.63) is 33.8 Å². The highest BCUT2D eigenvalue weighted by Gasteiger charge is 2.20. The maximum atomic E-state index is 11.8. The highest BCUT2D eigenvalue weighted by Crippen LogP contribution is 2.42. The van der Waals surface area contributed by atoms with Crippen molar-refractivity contribution in [1.82, 2.24) is 0 Å². The Kier molecular flexibility index (Phi) is 5.17. The first-order valence-corrected chi connectivity index (χ1v) is 7.37. The summed E-state index contributed by atoms with van der Waals surface area (Å²) in [6, 6.07) is 4.72. The summed E-state index contributed by atoms with van der Waals surface area (Å²) in [5, 5.41) is 0.462. The number of carbonyl (C=O) groups is 1. The second-order valence-electron chi connectivity index (χ2n) is 3.25. The summed E-state index contributed by atoms with van der Waals surface area (Å²) < 4.78 is 20.9. The van der Waals surface area contributed by atoms with E-state index in [1.165, 1.54) is 13.8 Å². The van der Waals surface area contributed by atoms with Crippen LogP contribution < -0.4 is 0 Å². The molecule has 1 aromatic carbocycles. The van der Waals surface area contributed by atoms with E-state index in [1.807, 2.05) is 0 Å². The van der Waals surface area contributed by atoms with E-state index in [9.17, 15) is 9.36 Å². The van der Waals surface area contributed by atoms with Crippen LogP contribution in [0.3, 0.4) is 0 Å². The van der Waals surface area contributed by atoms with Crippen LogP contribution in [0.25, 0.3) is 0 Å². The Morgan fingerprint density at radius 3 is 2.35 bits per heavy atom.